The molecule has 0 unspecified atom stereocenters. The van der Waals surface area contributed by atoms with Gasteiger partial charge in [-0.25, -0.2) is 8.42 Å². The highest BCUT2D eigenvalue weighted by atomic mass is 127. The van der Waals surface area contributed by atoms with Crippen molar-refractivity contribution in [2.75, 3.05) is 11.0 Å². The number of rotatable bonds is 3. The first-order valence-corrected chi connectivity index (χ1v) is 7.34. The molecule has 0 saturated carbocycles. The maximum atomic E-state index is 11.0. The molecule has 0 radical (unpaired) electrons. The van der Waals surface area contributed by atoms with Crippen LogP contribution in [0.3, 0.4) is 0 Å². The predicted octanol–water partition coefficient (Wildman–Crippen LogP) is 1.77. The number of halogens is 2. The monoisotopic (exact) mass is 360 g/mol. The number of hydrogen-bond acceptors (Lipinski definition) is 3. The maximum absolute atomic E-state index is 11.0. The molecule has 84 valence electrons. The molecule has 7 heteroatoms. The van der Waals surface area contributed by atoms with Gasteiger partial charge >= 0.3 is 0 Å². The third kappa shape index (κ3) is 3.78. The average Bonchev–Trinajstić information content (AvgIpc) is 2.08. The summed E-state index contributed by atoms with van der Waals surface area (Å²) >= 11 is 7.94. The summed E-state index contributed by atoms with van der Waals surface area (Å²) in [6.45, 7) is 0.327. The van der Waals surface area contributed by atoms with E-state index in [0.29, 0.717) is 17.3 Å². The Balaban J connectivity index is 3.17. The van der Waals surface area contributed by atoms with Gasteiger partial charge in [-0.1, -0.05) is 11.6 Å². The summed E-state index contributed by atoms with van der Waals surface area (Å²) < 4.78 is 25.2. The third-order valence-electron chi connectivity index (χ3n) is 1.65. The first-order valence-electron chi connectivity index (χ1n) is 3.99. The van der Waals surface area contributed by atoms with E-state index in [2.05, 4.69) is 4.72 Å². The van der Waals surface area contributed by atoms with Gasteiger partial charge in [0.25, 0.3) is 0 Å². The van der Waals surface area contributed by atoms with Gasteiger partial charge in [-0.3, -0.25) is 4.72 Å². The molecule has 0 bridgehead atoms. The average molecular weight is 361 g/mol. The second-order valence-corrected chi connectivity index (χ2v) is 6.32. The Hall–Kier alpha value is -0.0500. The number of sulfonamides is 1. The van der Waals surface area contributed by atoms with Crippen molar-refractivity contribution < 1.29 is 8.42 Å². The Morgan fingerprint density at radius 1 is 1.53 bits per heavy atom. The maximum Gasteiger partial charge on any atom is 0.229 e. The quantitative estimate of drug-likeness (QED) is 0.807. The number of nitrogens with one attached hydrogen (secondary N) is 1. The minimum Gasteiger partial charge on any atom is -0.326 e. The van der Waals surface area contributed by atoms with E-state index in [-0.39, 0.29) is 0 Å². The Morgan fingerprint density at radius 3 is 2.60 bits per heavy atom. The second-order valence-electron chi connectivity index (χ2n) is 3.00. The van der Waals surface area contributed by atoms with Gasteiger partial charge in [0.2, 0.25) is 10.0 Å². The van der Waals surface area contributed by atoms with Gasteiger partial charge in [0.15, 0.2) is 0 Å². The Labute approximate surface area is 107 Å². The largest absolute Gasteiger partial charge is 0.326 e. The topological polar surface area (TPSA) is 72.2 Å². The molecule has 0 saturated heterocycles. The van der Waals surface area contributed by atoms with Gasteiger partial charge < -0.3 is 5.73 Å². The van der Waals surface area contributed by atoms with Crippen molar-refractivity contribution in [3.63, 3.8) is 0 Å². The summed E-state index contributed by atoms with van der Waals surface area (Å²) in [7, 11) is -3.28. The van der Waals surface area contributed by atoms with E-state index in [1.807, 2.05) is 22.6 Å². The minimum absolute atomic E-state index is 0.327. The van der Waals surface area contributed by atoms with E-state index in [9.17, 15) is 8.42 Å². The molecule has 0 aromatic heterocycles. The van der Waals surface area contributed by atoms with Gasteiger partial charge in [0.05, 0.1) is 11.9 Å². The molecule has 0 heterocycles. The molecule has 0 fully saturated rings. The predicted molar refractivity (Wildman–Crippen MR) is 70.5 cm³/mol. The standard InChI is InChI=1S/C8H10ClIN2O2S/c1-15(13,14)12-8-3-6(9)5(4-11)2-7(8)10/h2-3,12H,4,11H2,1H3. The molecular formula is C8H10ClIN2O2S. The molecule has 0 atom stereocenters. The lowest BCUT2D eigenvalue weighted by Crippen LogP contribution is -2.11. The van der Waals surface area contributed by atoms with Crippen LogP contribution in [-0.2, 0) is 16.6 Å². The van der Waals surface area contributed by atoms with Gasteiger partial charge in [-0.15, -0.1) is 0 Å². The van der Waals surface area contributed by atoms with Crippen molar-refractivity contribution in [2.24, 2.45) is 5.73 Å². The van der Waals surface area contributed by atoms with Crippen molar-refractivity contribution >= 4 is 49.9 Å². The first kappa shape index (κ1) is 13.0. The molecule has 0 spiro atoms. The first-order chi connectivity index (χ1) is 6.83. The van der Waals surface area contributed by atoms with Crippen molar-refractivity contribution in [3.8, 4) is 0 Å². The molecule has 0 aliphatic rings. The zero-order valence-electron chi connectivity index (χ0n) is 7.92. The highest BCUT2D eigenvalue weighted by molar-refractivity contribution is 14.1. The lowest BCUT2D eigenvalue weighted by molar-refractivity contribution is 0.607. The molecule has 0 aliphatic carbocycles. The van der Waals surface area contributed by atoms with Gasteiger partial charge in [-0.2, -0.15) is 0 Å². The van der Waals surface area contributed by atoms with Crippen LogP contribution in [0, 0.1) is 3.57 Å². The fourth-order valence-corrected chi connectivity index (χ4v) is 2.68. The summed E-state index contributed by atoms with van der Waals surface area (Å²) in [5.41, 5.74) is 6.73. The molecule has 0 aliphatic heterocycles. The highest BCUT2D eigenvalue weighted by Crippen LogP contribution is 2.27. The second kappa shape index (κ2) is 4.86. The van der Waals surface area contributed by atoms with Crippen LogP contribution in [0.2, 0.25) is 5.02 Å². The Morgan fingerprint density at radius 2 is 2.13 bits per heavy atom. The van der Waals surface area contributed by atoms with Crippen LogP contribution in [0.5, 0.6) is 0 Å². The fourth-order valence-electron chi connectivity index (χ4n) is 1.02. The van der Waals surface area contributed by atoms with Crippen LogP contribution in [0.1, 0.15) is 5.56 Å². The lowest BCUT2D eigenvalue weighted by Gasteiger charge is -2.09. The van der Waals surface area contributed by atoms with E-state index in [0.717, 1.165) is 15.4 Å². The molecular weight excluding hydrogens is 351 g/mol. The van der Waals surface area contributed by atoms with Crippen LogP contribution in [0.4, 0.5) is 5.69 Å². The molecule has 1 rings (SSSR count). The van der Waals surface area contributed by atoms with Crippen molar-refractivity contribution in [1.82, 2.24) is 0 Å². The zero-order chi connectivity index (χ0) is 11.6. The molecule has 1 aromatic rings. The zero-order valence-corrected chi connectivity index (χ0v) is 11.6. The van der Waals surface area contributed by atoms with Crippen LogP contribution >= 0.6 is 34.2 Å². The normalized spacial score (nSPS) is 11.5. The van der Waals surface area contributed by atoms with Crippen molar-refractivity contribution in [2.45, 2.75) is 6.54 Å². The van der Waals surface area contributed by atoms with E-state index >= 15 is 0 Å². The summed E-state index contributed by atoms with van der Waals surface area (Å²) in [5.74, 6) is 0. The molecule has 0 amide bonds. The number of benzene rings is 1. The van der Waals surface area contributed by atoms with E-state index in [4.69, 9.17) is 17.3 Å². The lowest BCUT2D eigenvalue weighted by atomic mass is 10.2. The van der Waals surface area contributed by atoms with E-state index in [1.165, 1.54) is 0 Å². The molecule has 3 N–H and O–H groups in total. The Kier molecular flexibility index (Phi) is 4.21. The highest BCUT2D eigenvalue weighted by Gasteiger charge is 2.09. The van der Waals surface area contributed by atoms with Gasteiger partial charge in [0.1, 0.15) is 0 Å². The minimum atomic E-state index is -3.28. The molecule has 4 nitrogen and oxygen atoms in total. The van der Waals surface area contributed by atoms with Gasteiger partial charge in [-0.05, 0) is 40.3 Å². The van der Waals surface area contributed by atoms with Crippen LogP contribution in [-0.4, -0.2) is 14.7 Å². The smallest absolute Gasteiger partial charge is 0.229 e. The van der Waals surface area contributed by atoms with Crippen molar-refractivity contribution in [1.29, 1.82) is 0 Å². The Bertz CT molecular complexity index is 476. The summed E-state index contributed by atoms with van der Waals surface area (Å²) in [6.07, 6.45) is 1.09. The van der Waals surface area contributed by atoms with Crippen LogP contribution < -0.4 is 10.5 Å². The number of hydrogen-bond donors (Lipinski definition) is 2. The summed E-state index contributed by atoms with van der Waals surface area (Å²) in [4.78, 5) is 0. The van der Waals surface area contributed by atoms with Gasteiger partial charge in [0, 0.05) is 15.1 Å². The summed E-state index contributed by atoms with van der Waals surface area (Å²) in [6, 6.07) is 3.32. The van der Waals surface area contributed by atoms with Crippen molar-refractivity contribution in [3.05, 3.63) is 26.3 Å². The van der Waals surface area contributed by atoms with E-state index < -0.39 is 10.0 Å². The number of anilines is 1. The van der Waals surface area contributed by atoms with Crippen LogP contribution in [0.25, 0.3) is 0 Å². The fraction of sp³-hybridized carbons (Fsp3) is 0.250. The van der Waals surface area contributed by atoms with E-state index in [1.54, 1.807) is 12.1 Å². The summed E-state index contributed by atoms with van der Waals surface area (Å²) in [5, 5.41) is 0.462. The molecule has 15 heavy (non-hydrogen) atoms. The van der Waals surface area contributed by atoms with Crippen LogP contribution in [0.15, 0.2) is 12.1 Å². The number of nitrogens with two attached hydrogens (primary N) is 1. The third-order valence-corrected chi connectivity index (χ3v) is 3.49. The SMILES string of the molecule is CS(=O)(=O)Nc1cc(Cl)c(CN)cc1I. The molecule has 1 aromatic carbocycles.